The average Bonchev–Trinajstić information content (AvgIpc) is 2.38. The Balaban J connectivity index is 2.15. The number of non-ortho nitro benzene ring substituents is 1. The highest BCUT2D eigenvalue weighted by molar-refractivity contribution is 5.70. The fraction of sp³-hybridized carbons (Fsp3) is 0.417. The zero-order valence-electron chi connectivity index (χ0n) is 10.1. The van der Waals surface area contributed by atoms with E-state index in [0.29, 0.717) is 31.6 Å². The van der Waals surface area contributed by atoms with Crippen LogP contribution in [0.3, 0.4) is 0 Å². The largest absolute Gasteiger partial charge is 0.481 e. The van der Waals surface area contributed by atoms with Gasteiger partial charge in [0.2, 0.25) is 0 Å². The van der Waals surface area contributed by atoms with E-state index in [1.54, 1.807) is 4.90 Å². The summed E-state index contributed by atoms with van der Waals surface area (Å²) in [5.41, 5.74) is 0.130. The highest BCUT2D eigenvalue weighted by atomic mass is 19.1. The minimum atomic E-state index is -0.829. The molecule has 6 nitrogen and oxygen atoms in total. The van der Waals surface area contributed by atoms with Crippen LogP contribution >= 0.6 is 0 Å². The van der Waals surface area contributed by atoms with E-state index in [0.717, 1.165) is 6.07 Å². The molecule has 0 aliphatic carbocycles. The minimum absolute atomic E-state index is 0.296. The van der Waals surface area contributed by atoms with Gasteiger partial charge in [0, 0.05) is 24.8 Å². The smallest absolute Gasteiger partial charge is 0.306 e. The lowest BCUT2D eigenvalue weighted by Gasteiger charge is -2.31. The average molecular weight is 268 g/mol. The number of hydrogen-bond acceptors (Lipinski definition) is 4. The van der Waals surface area contributed by atoms with E-state index in [-0.39, 0.29) is 11.6 Å². The molecule has 0 bridgehead atoms. The minimum Gasteiger partial charge on any atom is -0.481 e. The van der Waals surface area contributed by atoms with E-state index >= 15 is 0 Å². The number of nitro benzene ring substituents is 1. The molecule has 1 N–H and O–H groups in total. The molecule has 1 aliphatic heterocycles. The maximum Gasteiger partial charge on any atom is 0.306 e. The number of carbonyl (C=O) groups is 1. The van der Waals surface area contributed by atoms with Crippen LogP contribution in [-0.4, -0.2) is 29.1 Å². The number of anilines is 1. The first-order chi connectivity index (χ1) is 8.97. The van der Waals surface area contributed by atoms with E-state index in [2.05, 4.69) is 0 Å². The molecule has 1 fully saturated rings. The Labute approximate surface area is 108 Å². The van der Waals surface area contributed by atoms with Crippen molar-refractivity contribution in [1.29, 1.82) is 0 Å². The summed E-state index contributed by atoms with van der Waals surface area (Å²) in [6.07, 6.45) is 0.916. The van der Waals surface area contributed by atoms with Gasteiger partial charge in [0.15, 0.2) is 0 Å². The number of nitro groups is 1. The summed E-state index contributed by atoms with van der Waals surface area (Å²) < 4.78 is 13.3. The van der Waals surface area contributed by atoms with Gasteiger partial charge in [0.1, 0.15) is 5.82 Å². The van der Waals surface area contributed by atoms with Crippen LogP contribution < -0.4 is 4.90 Å². The van der Waals surface area contributed by atoms with Crippen molar-refractivity contribution in [2.24, 2.45) is 5.92 Å². The second kappa shape index (κ2) is 5.21. The van der Waals surface area contributed by atoms with Crippen molar-refractivity contribution >= 4 is 17.3 Å². The van der Waals surface area contributed by atoms with Crippen molar-refractivity contribution in [3.05, 3.63) is 34.1 Å². The number of benzene rings is 1. The molecule has 1 saturated heterocycles. The number of hydrogen-bond donors (Lipinski definition) is 1. The molecule has 1 heterocycles. The van der Waals surface area contributed by atoms with Crippen LogP contribution in [0.25, 0.3) is 0 Å². The molecule has 0 atom stereocenters. The quantitative estimate of drug-likeness (QED) is 0.669. The first-order valence-electron chi connectivity index (χ1n) is 5.90. The molecule has 0 aromatic heterocycles. The summed E-state index contributed by atoms with van der Waals surface area (Å²) in [6, 6.07) is 3.41. The highest BCUT2D eigenvalue weighted by Gasteiger charge is 2.25. The normalized spacial score (nSPS) is 16.4. The van der Waals surface area contributed by atoms with E-state index in [9.17, 15) is 19.3 Å². The van der Waals surface area contributed by atoms with E-state index < -0.39 is 16.7 Å². The summed E-state index contributed by atoms with van der Waals surface area (Å²) in [5, 5.41) is 19.6. The molecule has 1 aromatic carbocycles. The molecule has 0 amide bonds. The van der Waals surface area contributed by atoms with Gasteiger partial charge in [-0.25, -0.2) is 4.39 Å². The fourth-order valence-corrected chi connectivity index (χ4v) is 2.23. The van der Waals surface area contributed by atoms with Gasteiger partial charge in [-0.2, -0.15) is 0 Å². The number of carboxylic acids is 1. The van der Waals surface area contributed by atoms with Crippen molar-refractivity contribution < 1.29 is 19.2 Å². The standard InChI is InChI=1S/C12H13FN2O4/c13-9-5-10(7-11(6-9)15(18)19)14-3-1-8(2-4-14)12(16)17/h5-8H,1-4H2,(H,16,17). The van der Waals surface area contributed by atoms with Crippen molar-refractivity contribution in [2.75, 3.05) is 18.0 Å². The molecule has 1 aromatic rings. The summed E-state index contributed by atoms with van der Waals surface area (Å²) in [6.45, 7) is 0.912. The zero-order valence-corrected chi connectivity index (χ0v) is 10.1. The van der Waals surface area contributed by atoms with Crippen LogP contribution in [0.1, 0.15) is 12.8 Å². The monoisotopic (exact) mass is 268 g/mol. The molecular weight excluding hydrogens is 255 g/mol. The molecule has 2 rings (SSSR count). The number of aliphatic carboxylic acids is 1. The van der Waals surface area contributed by atoms with Crippen LogP contribution in [0.4, 0.5) is 15.8 Å². The predicted octanol–water partition coefficient (Wildman–Crippen LogP) is 2.03. The van der Waals surface area contributed by atoms with Gasteiger partial charge in [0.05, 0.1) is 16.9 Å². The number of piperidine rings is 1. The van der Waals surface area contributed by atoms with Crippen LogP contribution in [0, 0.1) is 21.8 Å². The van der Waals surface area contributed by atoms with Crippen molar-refractivity contribution in [3.8, 4) is 0 Å². The molecule has 102 valence electrons. The van der Waals surface area contributed by atoms with Crippen LogP contribution in [0.2, 0.25) is 0 Å². The maximum absolute atomic E-state index is 13.3. The van der Waals surface area contributed by atoms with Gasteiger partial charge < -0.3 is 10.0 Å². The van der Waals surface area contributed by atoms with Crippen molar-refractivity contribution in [1.82, 2.24) is 0 Å². The third-order valence-corrected chi connectivity index (χ3v) is 3.29. The Morgan fingerprint density at radius 2 is 2.00 bits per heavy atom. The van der Waals surface area contributed by atoms with E-state index in [4.69, 9.17) is 5.11 Å². The predicted molar refractivity (Wildman–Crippen MR) is 65.6 cm³/mol. The van der Waals surface area contributed by atoms with Crippen LogP contribution in [0.5, 0.6) is 0 Å². The van der Waals surface area contributed by atoms with Gasteiger partial charge in [0.25, 0.3) is 5.69 Å². The highest BCUT2D eigenvalue weighted by Crippen LogP contribution is 2.27. The van der Waals surface area contributed by atoms with Crippen LogP contribution in [0.15, 0.2) is 18.2 Å². The van der Waals surface area contributed by atoms with E-state index in [1.165, 1.54) is 12.1 Å². The SMILES string of the molecule is O=C(O)C1CCN(c2cc(F)cc([N+](=O)[O-])c2)CC1. The van der Waals surface area contributed by atoms with Crippen molar-refractivity contribution in [3.63, 3.8) is 0 Å². The number of carboxylic acid groups (broad SMARTS) is 1. The summed E-state index contributed by atoms with van der Waals surface area (Å²) >= 11 is 0. The Kier molecular flexibility index (Phi) is 3.64. The van der Waals surface area contributed by atoms with Crippen molar-refractivity contribution in [2.45, 2.75) is 12.8 Å². The molecule has 7 heteroatoms. The molecular formula is C12H13FN2O4. The lowest BCUT2D eigenvalue weighted by molar-refractivity contribution is -0.385. The lowest BCUT2D eigenvalue weighted by atomic mass is 9.97. The van der Waals surface area contributed by atoms with Gasteiger partial charge in [-0.1, -0.05) is 0 Å². The fourth-order valence-electron chi connectivity index (χ4n) is 2.23. The third kappa shape index (κ3) is 2.98. The molecule has 0 unspecified atom stereocenters. The van der Waals surface area contributed by atoms with Gasteiger partial charge in [-0.15, -0.1) is 0 Å². The number of rotatable bonds is 3. The first-order valence-corrected chi connectivity index (χ1v) is 5.90. The third-order valence-electron chi connectivity index (χ3n) is 3.29. The molecule has 0 radical (unpaired) electrons. The Bertz CT molecular complexity index is 512. The zero-order chi connectivity index (χ0) is 14.0. The Hall–Kier alpha value is -2.18. The number of halogens is 1. The second-order valence-electron chi connectivity index (χ2n) is 4.52. The topological polar surface area (TPSA) is 83.7 Å². The number of nitrogens with zero attached hydrogens (tertiary/aromatic N) is 2. The van der Waals surface area contributed by atoms with Gasteiger partial charge in [-0.3, -0.25) is 14.9 Å². The first kappa shape index (κ1) is 13.3. The van der Waals surface area contributed by atoms with Gasteiger partial charge in [-0.05, 0) is 18.9 Å². The molecule has 0 spiro atoms. The molecule has 0 saturated carbocycles. The summed E-state index contributed by atoms with van der Waals surface area (Å²) in [7, 11) is 0. The lowest BCUT2D eigenvalue weighted by Crippen LogP contribution is -2.36. The molecule has 19 heavy (non-hydrogen) atoms. The second-order valence-corrected chi connectivity index (χ2v) is 4.52. The summed E-state index contributed by atoms with van der Waals surface area (Å²) in [5.74, 6) is -1.88. The Morgan fingerprint density at radius 1 is 1.37 bits per heavy atom. The molecule has 1 aliphatic rings. The maximum atomic E-state index is 13.3. The van der Waals surface area contributed by atoms with E-state index in [1.807, 2.05) is 0 Å². The summed E-state index contributed by atoms with van der Waals surface area (Å²) in [4.78, 5) is 22.6. The Morgan fingerprint density at radius 3 is 2.53 bits per heavy atom. The van der Waals surface area contributed by atoms with Gasteiger partial charge >= 0.3 is 5.97 Å². The van der Waals surface area contributed by atoms with Crippen LogP contribution in [-0.2, 0) is 4.79 Å².